The maximum Gasteiger partial charge on any atom is 0.0122 e. The van der Waals surface area contributed by atoms with E-state index in [0.29, 0.717) is 0 Å². The summed E-state index contributed by atoms with van der Waals surface area (Å²) in [4.78, 5) is 2.89. The lowest BCUT2D eigenvalue weighted by Gasteiger charge is -2.47. The van der Waals surface area contributed by atoms with Crippen LogP contribution in [0.4, 0.5) is 0 Å². The normalized spacial score (nSPS) is 17.5. The summed E-state index contributed by atoms with van der Waals surface area (Å²) in [6, 6.07) is 2.17. The lowest BCUT2D eigenvalue weighted by molar-refractivity contribution is 0.00598. The van der Waals surface area contributed by atoms with Gasteiger partial charge >= 0.3 is 0 Å². The Morgan fingerprint density at radius 3 is 0.842 bits per heavy atom. The predicted molar refractivity (Wildman–Crippen MR) is 88.6 cm³/mol. The minimum absolute atomic E-state index is 0.722. The second kappa shape index (κ2) is 9.00. The maximum atomic E-state index is 2.89. The standard InChI is InChI=1S/C18H39N/c1-10-16(13(4)5)19(17(11-2)14(6)7)18(12-3)15(8)9/h13-18H,10-12H2,1-9H3. The van der Waals surface area contributed by atoms with E-state index in [9.17, 15) is 0 Å². The van der Waals surface area contributed by atoms with Gasteiger partial charge in [0.25, 0.3) is 0 Å². The summed E-state index contributed by atoms with van der Waals surface area (Å²) in [7, 11) is 0. The van der Waals surface area contributed by atoms with Crippen LogP contribution in [0.3, 0.4) is 0 Å². The Balaban J connectivity index is 5.43. The molecule has 0 rings (SSSR count). The number of nitrogens with zero attached hydrogens (tertiary/aromatic N) is 1. The molecule has 0 aliphatic heterocycles. The molecule has 3 unspecified atom stereocenters. The van der Waals surface area contributed by atoms with Crippen LogP contribution in [0.1, 0.15) is 81.6 Å². The molecule has 0 fully saturated rings. The van der Waals surface area contributed by atoms with Gasteiger partial charge in [-0.15, -0.1) is 0 Å². The van der Waals surface area contributed by atoms with Crippen LogP contribution in [0.15, 0.2) is 0 Å². The monoisotopic (exact) mass is 269 g/mol. The highest BCUT2D eigenvalue weighted by Crippen LogP contribution is 2.30. The van der Waals surface area contributed by atoms with Gasteiger partial charge in [-0.3, -0.25) is 4.90 Å². The van der Waals surface area contributed by atoms with Crippen molar-refractivity contribution in [2.45, 2.75) is 99.7 Å². The molecule has 0 aromatic carbocycles. The molecule has 0 spiro atoms. The van der Waals surface area contributed by atoms with Gasteiger partial charge in [0.2, 0.25) is 0 Å². The summed E-state index contributed by atoms with van der Waals surface area (Å²) in [6.07, 6.45) is 3.80. The summed E-state index contributed by atoms with van der Waals surface area (Å²) < 4.78 is 0. The minimum atomic E-state index is 0.722. The van der Waals surface area contributed by atoms with E-state index in [4.69, 9.17) is 0 Å². The molecule has 0 bridgehead atoms. The van der Waals surface area contributed by atoms with Crippen LogP contribution in [0.25, 0.3) is 0 Å². The van der Waals surface area contributed by atoms with Gasteiger partial charge in [0.15, 0.2) is 0 Å². The van der Waals surface area contributed by atoms with Crippen molar-refractivity contribution in [3.8, 4) is 0 Å². The van der Waals surface area contributed by atoms with E-state index in [2.05, 4.69) is 67.2 Å². The fourth-order valence-corrected chi connectivity index (χ4v) is 3.82. The Hall–Kier alpha value is -0.0400. The summed E-state index contributed by atoms with van der Waals surface area (Å²) in [5.41, 5.74) is 0. The zero-order valence-corrected chi connectivity index (χ0v) is 15.0. The topological polar surface area (TPSA) is 3.24 Å². The van der Waals surface area contributed by atoms with E-state index in [1.807, 2.05) is 0 Å². The third-order valence-electron chi connectivity index (χ3n) is 4.71. The van der Waals surface area contributed by atoms with Crippen molar-refractivity contribution in [3.63, 3.8) is 0 Å². The van der Waals surface area contributed by atoms with E-state index in [-0.39, 0.29) is 0 Å². The maximum absolute atomic E-state index is 2.89. The highest BCUT2D eigenvalue weighted by atomic mass is 15.2. The summed E-state index contributed by atoms with van der Waals surface area (Å²) >= 11 is 0. The van der Waals surface area contributed by atoms with Crippen molar-refractivity contribution in [1.29, 1.82) is 0 Å². The van der Waals surface area contributed by atoms with E-state index >= 15 is 0 Å². The van der Waals surface area contributed by atoms with Gasteiger partial charge in [-0.05, 0) is 37.0 Å². The van der Waals surface area contributed by atoms with Gasteiger partial charge in [0.05, 0.1) is 0 Å². The summed E-state index contributed by atoms with van der Waals surface area (Å²) in [5, 5.41) is 0. The second-order valence-electron chi connectivity index (χ2n) is 7.11. The third-order valence-corrected chi connectivity index (χ3v) is 4.71. The van der Waals surface area contributed by atoms with E-state index in [1.54, 1.807) is 0 Å². The molecule has 0 radical (unpaired) electrons. The van der Waals surface area contributed by atoms with E-state index < -0.39 is 0 Å². The molecule has 116 valence electrons. The average molecular weight is 270 g/mol. The molecule has 0 N–H and O–H groups in total. The first-order chi connectivity index (χ1) is 8.81. The molecule has 0 saturated heterocycles. The van der Waals surface area contributed by atoms with Crippen LogP contribution in [0.5, 0.6) is 0 Å². The van der Waals surface area contributed by atoms with Crippen LogP contribution in [-0.4, -0.2) is 23.0 Å². The molecule has 1 nitrogen and oxygen atoms in total. The predicted octanol–water partition coefficient (Wildman–Crippen LogP) is 5.59. The molecule has 0 aromatic heterocycles. The first kappa shape index (κ1) is 19.0. The Labute approximate surface area is 123 Å². The smallest absolute Gasteiger partial charge is 0.0122 e. The van der Waals surface area contributed by atoms with Crippen LogP contribution in [0, 0.1) is 17.8 Å². The lowest BCUT2D eigenvalue weighted by Crippen LogP contribution is -2.54. The largest absolute Gasteiger partial charge is 0.294 e. The molecule has 3 atom stereocenters. The minimum Gasteiger partial charge on any atom is -0.294 e. The van der Waals surface area contributed by atoms with Gasteiger partial charge in [-0.2, -0.15) is 0 Å². The molecule has 0 heterocycles. The molecule has 0 aromatic rings. The van der Waals surface area contributed by atoms with Crippen molar-refractivity contribution in [2.75, 3.05) is 0 Å². The summed E-state index contributed by atoms with van der Waals surface area (Å²) in [5.74, 6) is 2.22. The Morgan fingerprint density at radius 1 is 0.526 bits per heavy atom. The fourth-order valence-electron chi connectivity index (χ4n) is 3.82. The van der Waals surface area contributed by atoms with Gasteiger partial charge in [-0.1, -0.05) is 62.3 Å². The molecule has 0 aliphatic carbocycles. The number of hydrogen-bond acceptors (Lipinski definition) is 1. The Bertz CT molecular complexity index is 182. The average Bonchev–Trinajstić information content (AvgIpc) is 2.29. The van der Waals surface area contributed by atoms with Crippen LogP contribution >= 0.6 is 0 Å². The highest BCUT2D eigenvalue weighted by Gasteiger charge is 2.34. The lowest BCUT2D eigenvalue weighted by atomic mass is 9.87. The van der Waals surface area contributed by atoms with Crippen molar-refractivity contribution < 1.29 is 0 Å². The van der Waals surface area contributed by atoms with Gasteiger partial charge in [-0.25, -0.2) is 0 Å². The quantitative estimate of drug-likeness (QED) is 0.527. The summed E-state index contributed by atoms with van der Waals surface area (Å²) in [6.45, 7) is 21.4. The molecular formula is C18H39N. The third kappa shape index (κ3) is 5.10. The fraction of sp³-hybridized carbons (Fsp3) is 1.00. The van der Waals surface area contributed by atoms with Gasteiger partial charge < -0.3 is 0 Å². The van der Waals surface area contributed by atoms with Crippen LogP contribution in [0.2, 0.25) is 0 Å². The van der Waals surface area contributed by atoms with Crippen molar-refractivity contribution in [2.24, 2.45) is 17.8 Å². The zero-order chi connectivity index (χ0) is 15.2. The molecule has 19 heavy (non-hydrogen) atoms. The molecule has 0 saturated carbocycles. The first-order valence-electron chi connectivity index (χ1n) is 8.58. The second-order valence-corrected chi connectivity index (χ2v) is 7.11. The highest BCUT2D eigenvalue weighted by molar-refractivity contribution is 4.88. The van der Waals surface area contributed by atoms with Crippen molar-refractivity contribution in [1.82, 2.24) is 4.90 Å². The number of rotatable bonds is 9. The molecule has 0 amide bonds. The number of hydrogen-bond donors (Lipinski definition) is 0. The van der Waals surface area contributed by atoms with Gasteiger partial charge in [0, 0.05) is 18.1 Å². The zero-order valence-electron chi connectivity index (χ0n) is 15.0. The van der Waals surface area contributed by atoms with Gasteiger partial charge in [0.1, 0.15) is 0 Å². The van der Waals surface area contributed by atoms with Crippen molar-refractivity contribution in [3.05, 3.63) is 0 Å². The molecule has 0 aliphatic rings. The Morgan fingerprint density at radius 2 is 0.737 bits per heavy atom. The molecular weight excluding hydrogens is 230 g/mol. The molecule has 1 heteroatoms. The van der Waals surface area contributed by atoms with E-state index in [0.717, 1.165) is 35.9 Å². The van der Waals surface area contributed by atoms with Crippen LogP contribution in [-0.2, 0) is 0 Å². The first-order valence-corrected chi connectivity index (χ1v) is 8.58. The SMILES string of the molecule is CCC(C(C)C)N(C(CC)C(C)C)C(CC)C(C)C. The van der Waals surface area contributed by atoms with E-state index in [1.165, 1.54) is 19.3 Å². The van der Waals surface area contributed by atoms with Crippen molar-refractivity contribution >= 4 is 0 Å². The van der Waals surface area contributed by atoms with Crippen LogP contribution < -0.4 is 0 Å². The Kier molecular flexibility index (Phi) is 8.98.